The summed E-state index contributed by atoms with van der Waals surface area (Å²) in [7, 11) is 7.34. The lowest BCUT2D eigenvalue weighted by atomic mass is 9.91. The highest BCUT2D eigenvalue weighted by atomic mass is 16.5. The monoisotopic (exact) mass is 376 g/mol. The number of benzene rings is 2. The fourth-order valence-corrected chi connectivity index (χ4v) is 2.88. The van der Waals surface area contributed by atoms with E-state index in [1.54, 1.807) is 30.3 Å². The smallest absolute Gasteiger partial charge is 0.313 e. The number of phenols is 1. The van der Waals surface area contributed by atoms with Crippen LogP contribution in [0.2, 0.25) is 0 Å². The van der Waals surface area contributed by atoms with Crippen LogP contribution in [0.1, 0.15) is 17.0 Å². The second-order valence-electron chi connectivity index (χ2n) is 5.74. The molecular weight excluding hydrogens is 352 g/mol. The number of methoxy groups -OCH3 is 5. The summed E-state index contributed by atoms with van der Waals surface area (Å²) in [4.78, 5) is 12.5. The minimum Gasteiger partial charge on any atom is -0.504 e. The summed E-state index contributed by atoms with van der Waals surface area (Å²) in [6.45, 7) is 0. The van der Waals surface area contributed by atoms with Crippen LogP contribution in [-0.4, -0.2) is 46.6 Å². The van der Waals surface area contributed by atoms with Gasteiger partial charge in [-0.2, -0.15) is 0 Å². The number of hydrogen-bond donors (Lipinski definition) is 1. The Hall–Kier alpha value is -3.09. The van der Waals surface area contributed by atoms with E-state index >= 15 is 0 Å². The molecule has 0 spiro atoms. The van der Waals surface area contributed by atoms with Crippen LogP contribution < -0.4 is 18.9 Å². The summed E-state index contributed by atoms with van der Waals surface area (Å²) in [5.74, 6) is 0.645. The Kier molecular flexibility index (Phi) is 6.76. The fraction of sp³-hybridized carbons (Fsp3) is 0.350. The van der Waals surface area contributed by atoms with Gasteiger partial charge in [0.15, 0.2) is 23.0 Å². The Bertz CT molecular complexity index is 776. The molecule has 1 unspecified atom stereocenters. The number of rotatable bonds is 8. The maximum Gasteiger partial charge on any atom is 0.313 e. The van der Waals surface area contributed by atoms with Crippen LogP contribution in [0.3, 0.4) is 0 Å². The highest BCUT2D eigenvalue weighted by Crippen LogP contribution is 2.41. The van der Waals surface area contributed by atoms with Crippen molar-refractivity contribution in [3.05, 3.63) is 41.5 Å². The van der Waals surface area contributed by atoms with Crippen LogP contribution in [0.15, 0.2) is 30.3 Å². The number of esters is 1. The molecule has 0 aliphatic carbocycles. The van der Waals surface area contributed by atoms with E-state index in [1.807, 2.05) is 0 Å². The quantitative estimate of drug-likeness (QED) is 0.709. The number of carbonyl (C=O) groups is 1. The van der Waals surface area contributed by atoms with E-state index < -0.39 is 11.9 Å². The van der Waals surface area contributed by atoms with Crippen molar-refractivity contribution in [1.82, 2.24) is 0 Å². The standard InChI is InChI=1S/C20H24O7/c1-23-16-7-6-12(9-15(16)21)8-14(20(22)27-5)13-10-17(24-2)19(26-4)18(11-13)25-3/h6-7,9-11,14,21H,8H2,1-5H3. The molecule has 0 amide bonds. The molecular formula is C20H24O7. The number of hydrogen-bond acceptors (Lipinski definition) is 7. The van der Waals surface area contributed by atoms with Gasteiger partial charge in [-0.3, -0.25) is 4.79 Å². The average molecular weight is 376 g/mol. The number of aromatic hydroxyl groups is 1. The Labute approximate surface area is 158 Å². The Morgan fingerprint density at radius 2 is 1.48 bits per heavy atom. The van der Waals surface area contributed by atoms with Crippen LogP contribution in [0.5, 0.6) is 28.7 Å². The highest BCUT2D eigenvalue weighted by Gasteiger charge is 2.26. The van der Waals surface area contributed by atoms with Crippen LogP contribution in [0, 0.1) is 0 Å². The lowest BCUT2D eigenvalue weighted by molar-refractivity contribution is -0.142. The summed E-state index contributed by atoms with van der Waals surface area (Å²) in [5, 5.41) is 10.0. The van der Waals surface area contributed by atoms with Crippen molar-refractivity contribution in [3.8, 4) is 28.7 Å². The highest BCUT2D eigenvalue weighted by molar-refractivity contribution is 5.79. The van der Waals surface area contributed by atoms with Gasteiger partial charge in [0.2, 0.25) is 5.75 Å². The summed E-state index contributed by atoms with van der Waals surface area (Å²) >= 11 is 0. The van der Waals surface area contributed by atoms with Gasteiger partial charge in [0.05, 0.1) is 41.5 Å². The van der Waals surface area contributed by atoms with Crippen LogP contribution in [0.25, 0.3) is 0 Å². The summed E-state index contributed by atoms with van der Waals surface area (Å²) in [6.07, 6.45) is 0.308. The van der Waals surface area contributed by atoms with Crippen LogP contribution >= 0.6 is 0 Å². The summed E-state index contributed by atoms with van der Waals surface area (Å²) in [6, 6.07) is 8.42. The molecule has 2 rings (SSSR count). The van der Waals surface area contributed by atoms with Crippen molar-refractivity contribution >= 4 is 5.97 Å². The Morgan fingerprint density at radius 1 is 0.889 bits per heavy atom. The predicted octanol–water partition coefficient (Wildman–Crippen LogP) is 2.93. The molecule has 1 atom stereocenters. The molecule has 27 heavy (non-hydrogen) atoms. The third-order valence-electron chi connectivity index (χ3n) is 4.26. The molecule has 0 bridgehead atoms. The predicted molar refractivity (Wildman–Crippen MR) is 99.2 cm³/mol. The van der Waals surface area contributed by atoms with Gasteiger partial charge in [-0.1, -0.05) is 6.07 Å². The van der Waals surface area contributed by atoms with Gasteiger partial charge in [-0.25, -0.2) is 0 Å². The lowest BCUT2D eigenvalue weighted by Gasteiger charge is -2.19. The van der Waals surface area contributed by atoms with Crippen LogP contribution in [0.4, 0.5) is 0 Å². The van der Waals surface area contributed by atoms with E-state index in [4.69, 9.17) is 23.7 Å². The minimum atomic E-state index is -0.628. The van der Waals surface area contributed by atoms with Crippen molar-refractivity contribution in [2.24, 2.45) is 0 Å². The molecule has 0 saturated heterocycles. The maximum atomic E-state index is 12.5. The summed E-state index contributed by atoms with van der Waals surface area (Å²) < 4.78 is 26.1. The van der Waals surface area contributed by atoms with E-state index in [0.29, 0.717) is 35.0 Å². The van der Waals surface area contributed by atoms with Gasteiger partial charge >= 0.3 is 5.97 Å². The lowest BCUT2D eigenvalue weighted by Crippen LogP contribution is -2.17. The third-order valence-corrected chi connectivity index (χ3v) is 4.26. The normalized spacial score (nSPS) is 11.4. The molecule has 0 saturated carbocycles. The first-order chi connectivity index (χ1) is 13.0. The molecule has 7 heteroatoms. The molecule has 1 N–H and O–H groups in total. The number of carbonyl (C=O) groups excluding carboxylic acids is 1. The average Bonchev–Trinajstić information content (AvgIpc) is 2.70. The van der Waals surface area contributed by atoms with E-state index in [2.05, 4.69) is 0 Å². The molecule has 0 aromatic heterocycles. The minimum absolute atomic E-state index is 0.00325. The molecule has 2 aromatic rings. The second-order valence-corrected chi connectivity index (χ2v) is 5.74. The molecule has 0 fully saturated rings. The molecule has 0 radical (unpaired) electrons. The van der Waals surface area contributed by atoms with Crippen molar-refractivity contribution in [1.29, 1.82) is 0 Å². The molecule has 146 valence electrons. The SMILES string of the molecule is COC(=O)C(Cc1ccc(OC)c(O)c1)c1cc(OC)c(OC)c(OC)c1. The second kappa shape index (κ2) is 9.02. The van der Waals surface area contributed by atoms with Crippen molar-refractivity contribution in [2.45, 2.75) is 12.3 Å². The molecule has 0 heterocycles. The summed E-state index contributed by atoms with van der Waals surface area (Å²) in [5.41, 5.74) is 1.39. The molecule has 7 nitrogen and oxygen atoms in total. The van der Waals surface area contributed by atoms with E-state index in [1.165, 1.54) is 35.5 Å². The number of phenolic OH excluding ortho intramolecular Hbond substituents is 1. The van der Waals surface area contributed by atoms with Gasteiger partial charge in [-0.15, -0.1) is 0 Å². The van der Waals surface area contributed by atoms with E-state index in [-0.39, 0.29) is 5.75 Å². The van der Waals surface area contributed by atoms with Gasteiger partial charge < -0.3 is 28.8 Å². The zero-order chi connectivity index (χ0) is 20.0. The number of ether oxygens (including phenoxy) is 5. The van der Waals surface area contributed by atoms with Crippen molar-refractivity contribution in [3.63, 3.8) is 0 Å². The van der Waals surface area contributed by atoms with E-state index in [9.17, 15) is 9.90 Å². The maximum absolute atomic E-state index is 12.5. The molecule has 0 aliphatic heterocycles. The first kappa shape index (κ1) is 20.2. The van der Waals surface area contributed by atoms with Crippen LogP contribution in [-0.2, 0) is 16.0 Å². The topological polar surface area (TPSA) is 83.5 Å². The van der Waals surface area contributed by atoms with Crippen molar-refractivity contribution < 1.29 is 33.6 Å². The molecule has 2 aromatic carbocycles. The largest absolute Gasteiger partial charge is 0.504 e. The Balaban J connectivity index is 2.48. The van der Waals surface area contributed by atoms with Gasteiger partial charge in [0, 0.05) is 0 Å². The van der Waals surface area contributed by atoms with Gasteiger partial charge in [0.1, 0.15) is 0 Å². The fourth-order valence-electron chi connectivity index (χ4n) is 2.88. The zero-order valence-electron chi connectivity index (χ0n) is 16.1. The van der Waals surface area contributed by atoms with Gasteiger partial charge in [-0.05, 0) is 41.8 Å². The molecule has 0 aliphatic rings. The van der Waals surface area contributed by atoms with Crippen molar-refractivity contribution in [2.75, 3.05) is 35.5 Å². The van der Waals surface area contributed by atoms with Gasteiger partial charge in [0.25, 0.3) is 0 Å². The first-order valence-corrected chi connectivity index (χ1v) is 8.22. The van der Waals surface area contributed by atoms with E-state index in [0.717, 1.165) is 5.56 Å². The first-order valence-electron chi connectivity index (χ1n) is 8.22. The Morgan fingerprint density at radius 3 is 1.93 bits per heavy atom. The third kappa shape index (κ3) is 4.36. The zero-order valence-corrected chi connectivity index (χ0v) is 16.1.